The Bertz CT molecular complexity index is 2410. The second-order valence-electron chi connectivity index (χ2n) is 10.3. The van der Waals surface area contributed by atoms with Crippen LogP contribution in [0.4, 0.5) is 0 Å². The first-order chi connectivity index (χ1) is 19.8. The molecular weight excluding hydrogens is 505 g/mol. The van der Waals surface area contributed by atoms with E-state index in [1.165, 1.54) is 36.5 Å². The molecule has 184 valence electrons. The Kier molecular flexibility index (Phi) is 4.47. The highest BCUT2D eigenvalue weighted by atomic mass is 32.1. The van der Waals surface area contributed by atoms with Crippen LogP contribution in [0.1, 0.15) is 0 Å². The summed E-state index contributed by atoms with van der Waals surface area (Å²) in [6.07, 6.45) is 0. The van der Waals surface area contributed by atoms with Gasteiger partial charge in [0.15, 0.2) is 0 Å². The molecule has 9 rings (SSSR count). The van der Waals surface area contributed by atoms with Gasteiger partial charge in [-0.15, -0.1) is 11.3 Å². The standard InChI is InChI=1S/C36H20BNOS/c37-35-29(38-27-15-4-1-9-21(27)22-10-2-5-16-28(22)38)19-20-31-34(35)33-24(12-8-17-30(33)39-31)26-14-7-13-25-23-11-3-6-18-32(23)40-36(25)26/h1-20H. The molecule has 0 bridgehead atoms. The smallest absolute Gasteiger partial charge is 0.136 e. The molecule has 0 amide bonds. The van der Waals surface area contributed by atoms with Crippen LogP contribution in [0, 0.1) is 0 Å². The number of rotatable bonds is 2. The van der Waals surface area contributed by atoms with Crippen molar-refractivity contribution < 1.29 is 4.42 Å². The van der Waals surface area contributed by atoms with Crippen LogP contribution in [0.25, 0.3) is 80.7 Å². The third-order valence-electron chi connectivity index (χ3n) is 8.20. The molecule has 3 aromatic heterocycles. The largest absolute Gasteiger partial charge is 0.456 e. The Labute approximate surface area is 235 Å². The molecule has 4 heteroatoms. The third-order valence-corrected chi connectivity index (χ3v) is 9.42. The van der Waals surface area contributed by atoms with Crippen molar-refractivity contribution in [3.63, 3.8) is 0 Å². The van der Waals surface area contributed by atoms with Crippen LogP contribution in [0.2, 0.25) is 0 Å². The molecule has 40 heavy (non-hydrogen) atoms. The minimum atomic E-state index is 0.721. The molecule has 3 heterocycles. The number of furan rings is 1. The number of benzene rings is 6. The molecule has 0 fully saturated rings. The van der Waals surface area contributed by atoms with E-state index >= 15 is 0 Å². The van der Waals surface area contributed by atoms with Gasteiger partial charge in [-0.1, -0.05) is 90.4 Å². The average molecular weight is 525 g/mol. The van der Waals surface area contributed by atoms with Gasteiger partial charge in [0, 0.05) is 53.0 Å². The molecule has 0 N–H and O–H groups in total. The van der Waals surface area contributed by atoms with E-state index < -0.39 is 0 Å². The third kappa shape index (κ3) is 2.89. The van der Waals surface area contributed by atoms with Crippen molar-refractivity contribution in [1.29, 1.82) is 0 Å². The molecule has 0 aliphatic heterocycles. The first-order valence-corrected chi connectivity index (χ1v) is 14.2. The van der Waals surface area contributed by atoms with Gasteiger partial charge in [0.05, 0.1) is 11.0 Å². The summed E-state index contributed by atoms with van der Waals surface area (Å²) in [6.45, 7) is 0. The number of aromatic nitrogens is 1. The van der Waals surface area contributed by atoms with E-state index in [0.717, 1.165) is 49.7 Å². The highest BCUT2D eigenvalue weighted by molar-refractivity contribution is 7.26. The van der Waals surface area contributed by atoms with Crippen LogP contribution in [-0.2, 0) is 0 Å². The van der Waals surface area contributed by atoms with Gasteiger partial charge in [0.25, 0.3) is 0 Å². The van der Waals surface area contributed by atoms with E-state index in [1.807, 2.05) is 17.4 Å². The number of fused-ring (bicyclic) bond motifs is 9. The summed E-state index contributed by atoms with van der Waals surface area (Å²) >= 11 is 1.84. The minimum absolute atomic E-state index is 0.721. The van der Waals surface area contributed by atoms with E-state index in [0.29, 0.717) is 0 Å². The highest BCUT2D eigenvalue weighted by Crippen LogP contribution is 2.44. The van der Waals surface area contributed by atoms with Crippen molar-refractivity contribution in [3.05, 3.63) is 121 Å². The topological polar surface area (TPSA) is 18.1 Å². The zero-order valence-electron chi connectivity index (χ0n) is 21.4. The van der Waals surface area contributed by atoms with E-state index in [4.69, 9.17) is 12.3 Å². The van der Waals surface area contributed by atoms with Gasteiger partial charge in [-0.25, -0.2) is 0 Å². The number of para-hydroxylation sites is 2. The highest BCUT2D eigenvalue weighted by Gasteiger charge is 2.20. The van der Waals surface area contributed by atoms with Gasteiger partial charge in [-0.2, -0.15) is 0 Å². The molecule has 0 aliphatic carbocycles. The Morgan fingerprint density at radius 2 is 1.15 bits per heavy atom. The summed E-state index contributed by atoms with van der Waals surface area (Å²) in [5, 5.41) is 7.02. The fraction of sp³-hybridized carbons (Fsp3) is 0. The summed E-state index contributed by atoms with van der Waals surface area (Å²) in [5.41, 5.74) is 7.94. The lowest BCUT2D eigenvalue weighted by atomic mass is 9.87. The molecule has 6 aromatic carbocycles. The van der Waals surface area contributed by atoms with Gasteiger partial charge in [-0.3, -0.25) is 0 Å². The Hall–Kier alpha value is -4.80. The molecular formula is C36H20BNOS. The van der Waals surface area contributed by atoms with Crippen molar-refractivity contribution in [2.45, 2.75) is 0 Å². The number of thiophene rings is 1. The molecule has 0 saturated heterocycles. The van der Waals surface area contributed by atoms with Crippen LogP contribution < -0.4 is 5.46 Å². The van der Waals surface area contributed by atoms with E-state index in [2.05, 4.69) is 120 Å². The molecule has 0 aliphatic rings. The molecule has 0 saturated carbocycles. The maximum atomic E-state index is 7.15. The molecule has 2 radical (unpaired) electrons. The number of nitrogens with zero attached hydrogens (tertiary/aromatic N) is 1. The van der Waals surface area contributed by atoms with Crippen LogP contribution in [0.3, 0.4) is 0 Å². The summed E-state index contributed by atoms with van der Waals surface area (Å²) in [7, 11) is 7.15. The van der Waals surface area contributed by atoms with Crippen molar-refractivity contribution in [3.8, 4) is 16.8 Å². The molecule has 0 unspecified atom stereocenters. The quantitative estimate of drug-likeness (QED) is 0.206. The number of hydrogen-bond acceptors (Lipinski definition) is 2. The Balaban J connectivity index is 1.39. The van der Waals surface area contributed by atoms with Crippen molar-refractivity contribution >= 4 is 88.6 Å². The SMILES string of the molecule is [B]c1c(-n2c3ccccc3c3ccccc32)ccc2oc3cccc(-c4cccc5c4sc4ccccc45)c3c12. The minimum Gasteiger partial charge on any atom is -0.456 e. The first kappa shape index (κ1) is 22.1. The van der Waals surface area contributed by atoms with Crippen molar-refractivity contribution in [1.82, 2.24) is 4.57 Å². The first-order valence-electron chi connectivity index (χ1n) is 13.4. The summed E-state index contributed by atoms with van der Waals surface area (Å²) < 4.78 is 11.3. The maximum Gasteiger partial charge on any atom is 0.136 e. The normalized spacial score (nSPS) is 12.1. The van der Waals surface area contributed by atoms with Crippen LogP contribution in [0.15, 0.2) is 126 Å². The molecule has 9 aromatic rings. The zero-order chi connectivity index (χ0) is 26.4. The van der Waals surface area contributed by atoms with E-state index in [9.17, 15) is 0 Å². The molecule has 0 spiro atoms. The molecule has 0 atom stereocenters. The molecule has 2 nitrogen and oxygen atoms in total. The Morgan fingerprint density at radius 1 is 0.525 bits per heavy atom. The second kappa shape index (κ2) is 8.11. The zero-order valence-corrected chi connectivity index (χ0v) is 22.2. The predicted molar refractivity (Wildman–Crippen MR) is 172 cm³/mol. The van der Waals surface area contributed by atoms with Crippen LogP contribution in [-0.4, -0.2) is 12.4 Å². The van der Waals surface area contributed by atoms with Crippen LogP contribution >= 0.6 is 11.3 Å². The van der Waals surface area contributed by atoms with Gasteiger partial charge >= 0.3 is 0 Å². The van der Waals surface area contributed by atoms with Gasteiger partial charge < -0.3 is 8.98 Å². The fourth-order valence-corrected chi connectivity index (χ4v) is 7.72. The average Bonchev–Trinajstić information content (AvgIpc) is 3.67. The lowest BCUT2D eigenvalue weighted by Gasteiger charge is -2.13. The lowest BCUT2D eigenvalue weighted by molar-refractivity contribution is 0.669. The van der Waals surface area contributed by atoms with E-state index in [1.54, 1.807) is 0 Å². The summed E-state index contributed by atoms with van der Waals surface area (Å²) in [4.78, 5) is 0. The van der Waals surface area contributed by atoms with Crippen molar-refractivity contribution in [2.75, 3.05) is 0 Å². The predicted octanol–water partition coefficient (Wildman–Crippen LogP) is 9.51. The second-order valence-corrected chi connectivity index (χ2v) is 11.4. The Morgan fingerprint density at radius 3 is 1.95 bits per heavy atom. The summed E-state index contributed by atoms with van der Waals surface area (Å²) in [5.74, 6) is 0. The van der Waals surface area contributed by atoms with Gasteiger partial charge in [0.1, 0.15) is 19.0 Å². The van der Waals surface area contributed by atoms with Crippen LogP contribution in [0.5, 0.6) is 0 Å². The maximum absolute atomic E-state index is 7.15. The van der Waals surface area contributed by atoms with Crippen molar-refractivity contribution in [2.24, 2.45) is 0 Å². The van der Waals surface area contributed by atoms with E-state index in [-0.39, 0.29) is 0 Å². The number of hydrogen-bond donors (Lipinski definition) is 0. The monoisotopic (exact) mass is 525 g/mol. The lowest BCUT2D eigenvalue weighted by Crippen LogP contribution is -2.13. The fourth-order valence-electron chi connectivity index (χ4n) is 6.48. The van der Waals surface area contributed by atoms with Gasteiger partial charge in [0.2, 0.25) is 0 Å². The van der Waals surface area contributed by atoms with Gasteiger partial charge in [-0.05, 0) is 42.0 Å². The summed E-state index contributed by atoms with van der Waals surface area (Å²) in [6, 6.07) is 42.8.